The molecule has 0 fully saturated rings. The number of rotatable bonds is 1. The fraction of sp³-hybridized carbons (Fsp3) is 0.250. The van der Waals surface area contributed by atoms with Gasteiger partial charge in [0.2, 0.25) is 0 Å². The van der Waals surface area contributed by atoms with Crippen LogP contribution in [0, 0.1) is 5.92 Å². The fourth-order valence-electron chi connectivity index (χ4n) is 2.93. The van der Waals surface area contributed by atoms with Crippen LogP contribution in [-0.4, -0.2) is 11.7 Å². The average Bonchev–Trinajstić information content (AvgIpc) is 2.46. The summed E-state index contributed by atoms with van der Waals surface area (Å²) in [6.45, 7) is 2.95. The lowest BCUT2D eigenvalue weighted by Gasteiger charge is -2.34. The molecule has 0 radical (unpaired) electrons. The highest BCUT2D eigenvalue weighted by Crippen LogP contribution is 2.48. The van der Waals surface area contributed by atoms with Gasteiger partial charge in [0.1, 0.15) is 5.75 Å². The van der Waals surface area contributed by atoms with Gasteiger partial charge in [0.25, 0.3) is 0 Å². The number of anilines is 1. The maximum atomic E-state index is 9.48. The molecule has 0 amide bonds. The number of hydrogen-bond acceptors (Lipinski definition) is 2. The fourth-order valence-corrected chi connectivity index (χ4v) is 3.74. The smallest absolute Gasteiger partial charge is 0.115 e. The Hall–Kier alpha value is -1.09. The molecule has 2 unspecified atom stereocenters. The number of benzene rings is 2. The van der Waals surface area contributed by atoms with Gasteiger partial charge in [0.05, 0.1) is 20.8 Å². The first kappa shape index (κ1) is 14.8. The molecular weight excluding hydrogens is 329 g/mol. The molecule has 2 nitrogen and oxygen atoms in total. The van der Waals surface area contributed by atoms with Crippen LogP contribution >= 0.6 is 34.8 Å². The molecule has 0 aliphatic carbocycles. The van der Waals surface area contributed by atoms with Gasteiger partial charge in [-0.15, -0.1) is 0 Å². The second kappa shape index (κ2) is 5.60. The molecule has 0 bridgehead atoms. The van der Waals surface area contributed by atoms with Crippen molar-refractivity contribution in [3.8, 4) is 5.75 Å². The SMILES string of the molecule is CC1CNc2c(Cl)cc(Cl)c(Cl)c2C1c1ccc(O)cc1. The van der Waals surface area contributed by atoms with E-state index in [1.165, 1.54) is 0 Å². The molecule has 1 aliphatic rings. The van der Waals surface area contributed by atoms with Crippen LogP contribution < -0.4 is 5.32 Å². The van der Waals surface area contributed by atoms with Crippen molar-refractivity contribution in [2.45, 2.75) is 12.8 Å². The molecule has 0 saturated carbocycles. The summed E-state index contributed by atoms with van der Waals surface area (Å²) < 4.78 is 0. The third-order valence-electron chi connectivity index (χ3n) is 3.94. The normalized spacial score (nSPS) is 20.8. The van der Waals surface area contributed by atoms with Crippen molar-refractivity contribution in [2.75, 3.05) is 11.9 Å². The molecule has 2 N–H and O–H groups in total. The van der Waals surface area contributed by atoms with Gasteiger partial charge in [-0.05, 0) is 29.7 Å². The van der Waals surface area contributed by atoms with Crippen LogP contribution in [-0.2, 0) is 0 Å². The molecule has 110 valence electrons. The van der Waals surface area contributed by atoms with Crippen molar-refractivity contribution in [1.82, 2.24) is 0 Å². The van der Waals surface area contributed by atoms with Gasteiger partial charge in [-0.2, -0.15) is 0 Å². The van der Waals surface area contributed by atoms with E-state index in [9.17, 15) is 5.11 Å². The van der Waals surface area contributed by atoms with Gasteiger partial charge in [0.15, 0.2) is 0 Å². The van der Waals surface area contributed by atoms with E-state index in [-0.39, 0.29) is 11.7 Å². The van der Waals surface area contributed by atoms with Crippen molar-refractivity contribution >= 4 is 40.5 Å². The molecule has 5 heteroatoms. The number of phenolic OH excluding ortho intramolecular Hbond substituents is 1. The van der Waals surface area contributed by atoms with E-state index in [1.807, 2.05) is 12.1 Å². The lowest BCUT2D eigenvalue weighted by molar-refractivity contribution is 0.473. The van der Waals surface area contributed by atoms with Gasteiger partial charge in [-0.3, -0.25) is 0 Å². The minimum absolute atomic E-state index is 0.0885. The minimum Gasteiger partial charge on any atom is -0.508 e. The lowest BCUT2D eigenvalue weighted by atomic mass is 9.78. The van der Waals surface area contributed by atoms with E-state index in [0.717, 1.165) is 23.4 Å². The number of nitrogens with one attached hydrogen (secondary N) is 1. The van der Waals surface area contributed by atoms with Crippen LogP contribution in [0.15, 0.2) is 30.3 Å². The molecule has 1 heterocycles. The summed E-state index contributed by atoms with van der Waals surface area (Å²) in [5.74, 6) is 0.662. The van der Waals surface area contributed by atoms with Crippen LogP contribution in [0.3, 0.4) is 0 Å². The van der Waals surface area contributed by atoms with Gasteiger partial charge in [0, 0.05) is 18.0 Å². The third kappa shape index (κ3) is 2.57. The predicted molar refractivity (Wildman–Crippen MR) is 89.1 cm³/mol. The zero-order chi connectivity index (χ0) is 15.1. The lowest BCUT2D eigenvalue weighted by Crippen LogP contribution is -2.27. The summed E-state index contributed by atoms with van der Waals surface area (Å²) >= 11 is 18.9. The van der Waals surface area contributed by atoms with Crippen molar-refractivity contribution < 1.29 is 5.11 Å². The topological polar surface area (TPSA) is 32.3 Å². The third-order valence-corrected chi connectivity index (χ3v) is 5.04. The number of aromatic hydroxyl groups is 1. The quantitative estimate of drug-likeness (QED) is 0.666. The molecule has 0 saturated heterocycles. The van der Waals surface area contributed by atoms with Gasteiger partial charge < -0.3 is 10.4 Å². The predicted octanol–water partition coefficient (Wildman–Crippen LogP) is 5.55. The van der Waals surface area contributed by atoms with Crippen LogP contribution in [0.4, 0.5) is 5.69 Å². The van der Waals surface area contributed by atoms with E-state index >= 15 is 0 Å². The van der Waals surface area contributed by atoms with E-state index < -0.39 is 0 Å². The first-order valence-corrected chi connectivity index (χ1v) is 7.82. The number of hydrogen-bond donors (Lipinski definition) is 2. The van der Waals surface area contributed by atoms with Gasteiger partial charge >= 0.3 is 0 Å². The van der Waals surface area contributed by atoms with E-state index in [1.54, 1.807) is 18.2 Å². The second-order valence-electron chi connectivity index (χ2n) is 5.37. The van der Waals surface area contributed by atoms with Crippen molar-refractivity contribution in [1.29, 1.82) is 0 Å². The molecule has 2 atom stereocenters. The molecular formula is C16H14Cl3NO. The average molecular weight is 343 g/mol. The van der Waals surface area contributed by atoms with E-state index in [2.05, 4.69) is 12.2 Å². The number of halogens is 3. The molecule has 2 aromatic rings. The Labute approximate surface area is 138 Å². The Morgan fingerprint density at radius 3 is 2.43 bits per heavy atom. The molecule has 2 aromatic carbocycles. The maximum Gasteiger partial charge on any atom is 0.115 e. The number of fused-ring (bicyclic) bond motifs is 1. The Balaban J connectivity index is 2.21. The van der Waals surface area contributed by atoms with Crippen LogP contribution in [0.25, 0.3) is 0 Å². The largest absolute Gasteiger partial charge is 0.508 e. The van der Waals surface area contributed by atoms with Crippen molar-refractivity contribution in [3.05, 3.63) is 56.5 Å². The Morgan fingerprint density at radius 2 is 1.76 bits per heavy atom. The van der Waals surface area contributed by atoms with Gasteiger partial charge in [-0.1, -0.05) is 53.9 Å². The molecule has 21 heavy (non-hydrogen) atoms. The van der Waals surface area contributed by atoms with Crippen molar-refractivity contribution in [2.24, 2.45) is 5.92 Å². The summed E-state index contributed by atoms with van der Waals surface area (Å²) in [7, 11) is 0. The summed E-state index contributed by atoms with van der Waals surface area (Å²) in [5.41, 5.74) is 2.86. The zero-order valence-corrected chi connectivity index (χ0v) is 13.6. The van der Waals surface area contributed by atoms with E-state index in [0.29, 0.717) is 21.0 Å². The Bertz CT molecular complexity index is 685. The molecule has 0 spiro atoms. The van der Waals surface area contributed by atoms with Gasteiger partial charge in [-0.25, -0.2) is 0 Å². The van der Waals surface area contributed by atoms with Crippen LogP contribution in [0.5, 0.6) is 5.75 Å². The zero-order valence-electron chi connectivity index (χ0n) is 11.3. The maximum absolute atomic E-state index is 9.48. The summed E-state index contributed by atoms with van der Waals surface area (Å²) in [6.07, 6.45) is 0. The highest BCUT2D eigenvalue weighted by Gasteiger charge is 2.32. The Morgan fingerprint density at radius 1 is 1.10 bits per heavy atom. The second-order valence-corrected chi connectivity index (χ2v) is 6.56. The van der Waals surface area contributed by atoms with Crippen LogP contribution in [0.1, 0.15) is 24.0 Å². The summed E-state index contributed by atoms with van der Waals surface area (Å²) in [5, 5.41) is 14.4. The molecule has 3 rings (SSSR count). The summed E-state index contributed by atoms with van der Waals surface area (Å²) in [6, 6.07) is 8.86. The first-order chi connectivity index (χ1) is 9.99. The van der Waals surface area contributed by atoms with Crippen LogP contribution in [0.2, 0.25) is 15.1 Å². The minimum atomic E-state index is 0.0885. The molecule has 1 aliphatic heterocycles. The number of phenols is 1. The highest BCUT2D eigenvalue weighted by atomic mass is 35.5. The monoisotopic (exact) mass is 341 g/mol. The summed E-state index contributed by atoms with van der Waals surface area (Å²) in [4.78, 5) is 0. The Kier molecular flexibility index (Phi) is 3.96. The van der Waals surface area contributed by atoms with Crippen molar-refractivity contribution in [3.63, 3.8) is 0 Å². The van der Waals surface area contributed by atoms with E-state index in [4.69, 9.17) is 34.8 Å². The standard InChI is InChI=1S/C16H14Cl3NO/c1-8-7-20-16-12(18)6-11(17)15(19)14(16)13(8)9-2-4-10(21)5-3-9/h2-6,8,13,20-21H,7H2,1H3. The molecule has 0 aromatic heterocycles. The first-order valence-electron chi connectivity index (χ1n) is 6.69. The highest BCUT2D eigenvalue weighted by molar-refractivity contribution is 6.44.